The standard InChI is InChI=1S/C22H20N6OS.C21H17ClN6S.C21H18N6S.C20H15FN6S/c1-2-29-19-6-4-3-5-14(19)12-23-22-26-18-9-10-30-20(18)21(27-22)25-16-7-8-17-15(11-16)13-24-28-17;1-12-2-3-13(8-16(12)22)10-23-21-26-18-6-7-29-19(18)20(27-21)25-15-4-5-17-14(9-15)11-24-28-17;1-13(14-5-3-2-4-6-14)23-21-25-18-9-10-28-19(18)20(26-21)24-16-7-8-17-15(11-16)12-22-27-17;21-15-4-2-1-3-12(15)10-22-20-25-17-7-8-28-18(17)19(26-20)24-14-5-6-16-13(9-14)11-23-27-16/h3-11,13H,2,12H2,1H3,(H,24,28)(H2,23,25,26,27);2-9,11H,10H2,1H3,(H,24,28)(H2,23,25,26,27);2-13H,1H3,(H,22,27)(H2,23,24,25,26);1-9,11H,10H2,(H,23,27)(H2,22,24,25,26). The Morgan fingerprint density at radius 3 is 1.22 bits per heavy atom. The van der Waals surface area contributed by atoms with Gasteiger partial charge in [0.05, 0.1) is 100 Å². The minimum atomic E-state index is -0.252. The van der Waals surface area contributed by atoms with Crippen LogP contribution in [0.15, 0.2) is 240 Å². The number of aromatic amines is 4. The number of nitrogens with one attached hydrogen (secondary N) is 12. The van der Waals surface area contributed by atoms with E-state index in [1.54, 1.807) is 69.9 Å². The second-order valence-electron chi connectivity index (χ2n) is 26.4. The van der Waals surface area contributed by atoms with Gasteiger partial charge in [-0.15, -0.1) is 45.3 Å². The summed E-state index contributed by atoms with van der Waals surface area (Å²) >= 11 is 12.7. The van der Waals surface area contributed by atoms with Crippen LogP contribution in [-0.2, 0) is 19.6 Å². The van der Waals surface area contributed by atoms with Gasteiger partial charge in [-0.05, 0) is 174 Å². The van der Waals surface area contributed by atoms with Crippen molar-refractivity contribution in [1.29, 1.82) is 0 Å². The summed E-state index contributed by atoms with van der Waals surface area (Å²) in [6.07, 6.45) is 7.21. The van der Waals surface area contributed by atoms with Crippen molar-refractivity contribution in [2.75, 3.05) is 49.1 Å². The summed E-state index contributed by atoms with van der Waals surface area (Å²) in [6.45, 7) is 8.19. The number of aryl methyl sites for hydroxylation is 1. The highest BCUT2D eigenvalue weighted by atomic mass is 35.5. The Balaban J connectivity index is 0.000000111. The summed E-state index contributed by atoms with van der Waals surface area (Å²) < 4.78 is 23.6. The predicted molar refractivity (Wildman–Crippen MR) is 468 cm³/mol. The highest BCUT2D eigenvalue weighted by molar-refractivity contribution is 7.18. The maximum atomic E-state index is 13.9. The Labute approximate surface area is 676 Å². The molecule has 0 radical (unpaired) electrons. The minimum Gasteiger partial charge on any atom is -0.494 e. The zero-order valence-corrected chi connectivity index (χ0v) is 65.7. The van der Waals surface area contributed by atoms with Gasteiger partial charge in [-0.25, -0.2) is 24.3 Å². The summed E-state index contributed by atoms with van der Waals surface area (Å²) in [6, 6.07) is 63.2. The van der Waals surface area contributed by atoms with Crippen LogP contribution in [-0.4, -0.2) is 87.3 Å². The molecule has 0 aliphatic rings. The molecule has 0 fully saturated rings. The van der Waals surface area contributed by atoms with E-state index >= 15 is 0 Å². The minimum absolute atomic E-state index is 0.104. The maximum Gasteiger partial charge on any atom is 0.225 e. The summed E-state index contributed by atoms with van der Waals surface area (Å²) in [5, 5.41) is 68.0. The monoisotopic (exact) mass is 1610 g/mol. The molecule has 1 unspecified atom stereocenters. The second-order valence-corrected chi connectivity index (χ2v) is 30.4. The van der Waals surface area contributed by atoms with E-state index in [-0.39, 0.29) is 11.9 Å². The van der Waals surface area contributed by atoms with Gasteiger partial charge in [0.1, 0.15) is 11.6 Å². The normalized spacial score (nSPS) is 11.5. The number of hydrogen-bond acceptors (Lipinski definition) is 25. The van der Waals surface area contributed by atoms with E-state index < -0.39 is 0 Å². The molecule has 20 aromatic rings. The molecule has 0 aliphatic heterocycles. The second kappa shape index (κ2) is 34.1. The largest absolute Gasteiger partial charge is 0.494 e. The van der Waals surface area contributed by atoms with Crippen molar-refractivity contribution in [2.24, 2.45) is 0 Å². The Morgan fingerprint density at radius 2 is 0.791 bits per heavy atom. The quantitative estimate of drug-likeness (QED) is 0.0300. The molecule has 31 heteroatoms. The molecule has 0 saturated heterocycles. The average Bonchev–Trinajstić information content (AvgIpc) is 1.71. The van der Waals surface area contributed by atoms with E-state index in [4.69, 9.17) is 31.3 Å². The topological polar surface area (TPSA) is 323 Å². The fourth-order valence-electron chi connectivity index (χ4n) is 12.6. The van der Waals surface area contributed by atoms with E-state index in [2.05, 4.69) is 139 Å². The molecule has 0 saturated carbocycles. The van der Waals surface area contributed by atoms with E-state index in [0.29, 0.717) is 61.4 Å². The molecule has 12 aromatic heterocycles. The molecule has 8 aromatic carbocycles. The van der Waals surface area contributed by atoms with Crippen molar-refractivity contribution in [3.05, 3.63) is 279 Å². The number of nitrogens with zero attached hydrogens (tertiary/aromatic N) is 12. The lowest BCUT2D eigenvalue weighted by Crippen LogP contribution is -2.10. The Hall–Kier alpha value is -13.8. The predicted octanol–water partition coefficient (Wildman–Crippen LogP) is 21.8. The van der Waals surface area contributed by atoms with Crippen LogP contribution < -0.4 is 47.3 Å². The number of fused-ring (bicyclic) bond motifs is 8. The number of para-hydroxylation sites is 1. The number of H-pyrrole nitrogens is 4. The Bertz CT molecular complexity index is 6780. The van der Waals surface area contributed by atoms with Crippen LogP contribution in [0.3, 0.4) is 0 Å². The van der Waals surface area contributed by atoms with Crippen molar-refractivity contribution in [3.63, 3.8) is 0 Å². The van der Waals surface area contributed by atoms with Crippen LogP contribution >= 0.6 is 56.9 Å². The van der Waals surface area contributed by atoms with Crippen LogP contribution in [0, 0.1) is 12.7 Å². The van der Waals surface area contributed by atoms with Crippen LogP contribution in [0.25, 0.3) is 84.5 Å². The lowest BCUT2D eigenvalue weighted by atomic mass is 10.1. The van der Waals surface area contributed by atoms with Crippen molar-refractivity contribution < 1.29 is 9.13 Å². The van der Waals surface area contributed by atoms with E-state index in [9.17, 15) is 4.39 Å². The molecule has 570 valence electrons. The fourth-order valence-corrected chi connectivity index (χ4v) is 15.9. The molecular formula is C84H70ClFN24OS4. The molecule has 115 heavy (non-hydrogen) atoms. The first kappa shape index (κ1) is 74.0. The van der Waals surface area contributed by atoms with Gasteiger partial charge < -0.3 is 47.3 Å². The third kappa shape index (κ3) is 17.5. The van der Waals surface area contributed by atoms with Crippen molar-refractivity contribution in [1.82, 2.24) is 80.7 Å². The molecule has 0 bridgehead atoms. The number of halogens is 2. The number of hydrogen-bond donors (Lipinski definition) is 12. The molecule has 0 aliphatic carbocycles. The lowest BCUT2D eigenvalue weighted by Gasteiger charge is -2.15. The summed E-state index contributed by atoms with van der Waals surface area (Å²) in [5.74, 6) is 5.86. The van der Waals surface area contributed by atoms with E-state index in [0.717, 1.165) is 152 Å². The molecule has 25 nitrogen and oxygen atoms in total. The van der Waals surface area contributed by atoms with Crippen molar-refractivity contribution >= 4 is 211 Å². The fraction of sp³-hybridized carbons (Fsp3) is 0.0952. The van der Waals surface area contributed by atoms with Crippen molar-refractivity contribution in [3.8, 4) is 5.75 Å². The summed E-state index contributed by atoms with van der Waals surface area (Å²) in [4.78, 5) is 37.3. The van der Waals surface area contributed by atoms with Crippen LogP contribution in [0.4, 0.5) is 74.2 Å². The van der Waals surface area contributed by atoms with Crippen LogP contribution in [0.2, 0.25) is 5.02 Å². The van der Waals surface area contributed by atoms with Crippen LogP contribution in [0.5, 0.6) is 5.75 Å². The van der Waals surface area contributed by atoms with Gasteiger partial charge in [0, 0.05) is 80.1 Å². The van der Waals surface area contributed by atoms with Crippen molar-refractivity contribution in [2.45, 2.75) is 46.4 Å². The summed E-state index contributed by atoms with van der Waals surface area (Å²) in [5.41, 5.74) is 16.3. The zero-order valence-electron chi connectivity index (χ0n) is 61.7. The smallest absolute Gasteiger partial charge is 0.225 e. The van der Waals surface area contributed by atoms with Gasteiger partial charge in [-0.3, -0.25) is 20.4 Å². The van der Waals surface area contributed by atoms with Gasteiger partial charge >= 0.3 is 0 Å². The molecule has 12 N–H and O–H groups in total. The SMILES string of the molecule is CC(Nc1nc(Nc2ccc3[nH]ncc3c2)c2sccc2n1)c1ccccc1.CCOc1ccccc1CNc1nc(Nc2ccc3[nH]ncc3c2)c2sccc2n1.Cc1ccc(CNc2nc(Nc3ccc4[nH]ncc4c3)c3sccc3n2)cc1Cl.Fc1ccccc1CNc1nc(Nc2ccc3[nH]ncc3c2)c2sccc2n1. The number of benzene rings is 8. The molecule has 20 rings (SSSR count). The number of rotatable bonds is 22. The summed E-state index contributed by atoms with van der Waals surface area (Å²) in [7, 11) is 0. The molecule has 0 spiro atoms. The number of thiophene rings is 4. The molecule has 0 amide bonds. The average molecular weight is 1610 g/mol. The highest BCUT2D eigenvalue weighted by Crippen LogP contribution is 2.37. The highest BCUT2D eigenvalue weighted by Gasteiger charge is 2.18. The number of anilines is 12. The third-order valence-corrected chi connectivity index (χ3v) is 22.5. The van der Waals surface area contributed by atoms with Crippen LogP contribution in [0.1, 0.15) is 47.7 Å². The first-order valence-corrected chi connectivity index (χ1v) is 40.4. The molecular weight excluding hydrogens is 1540 g/mol. The number of aromatic nitrogens is 16. The maximum absolute atomic E-state index is 13.9. The Kier molecular flexibility index (Phi) is 21.9. The zero-order chi connectivity index (χ0) is 78.0. The molecule has 1 atom stereocenters. The van der Waals surface area contributed by atoms with E-state index in [1.807, 2.05) is 199 Å². The van der Waals surface area contributed by atoms with Gasteiger partial charge in [0.25, 0.3) is 0 Å². The first-order valence-electron chi connectivity index (χ1n) is 36.5. The third-order valence-electron chi connectivity index (χ3n) is 18.5. The van der Waals surface area contributed by atoms with Gasteiger partial charge in [0.15, 0.2) is 23.3 Å². The van der Waals surface area contributed by atoms with Gasteiger partial charge in [-0.2, -0.15) is 40.3 Å². The van der Waals surface area contributed by atoms with Gasteiger partial charge in [0.2, 0.25) is 23.8 Å². The first-order chi connectivity index (χ1) is 56.5. The van der Waals surface area contributed by atoms with E-state index in [1.165, 1.54) is 11.6 Å². The van der Waals surface area contributed by atoms with Gasteiger partial charge in [-0.1, -0.05) is 90.5 Å². The number of ether oxygens (including phenoxy) is 1. The Morgan fingerprint density at radius 1 is 0.409 bits per heavy atom. The lowest BCUT2D eigenvalue weighted by molar-refractivity contribution is 0.337. The molecule has 12 heterocycles.